The van der Waals surface area contributed by atoms with Gasteiger partial charge in [0.15, 0.2) is 0 Å². The maximum absolute atomic E-state index is 13.2. The van der Waals surface area contributed by atoms with Crippen molar-refractivity contribution >= 4 is 17.9 Å². The van der Waals surface area contributed by atoms with E-state index in [1.165, 1.54) is 4.90 Å². The first kappa shape index (κ1) is 25.5. The van der Waals surface area contributed by atoms with Gasteiger partial charge >= 0.3 is 6.09 Å². The van der Waals surface area contributed by atoms with Crippen molar-refractivity contribution < 1.29 is 19.1 Å². The Morgan fingerprint density at radius 3 is 2.23 bits per heavy atom. The SMILES string of the molecule is CCCN(C(=O)CNC(=O)OC(C)(C)C)C(C(=O)NC(C)(C)C)c1cccc(C)c1. The average molecular weight is 420 g/mol. The molecule has 0 fully saturated rings. The zero-order valence-electron chi connectivity index (χ0n) is 19.6. The van der Waals surface area contributed by atoms with Crippen LogP contribution in [0.1, 0.15) is 72.1 Å². The highest BCUT2D eigenvalue weighted by atomic mass is 16.6. The molecular formula is C23H37N3O4. The van der Waals surface area contributed by atoms with Crippen LogP contribution in [0, 0.1) is 6.92 Å². The van der Waals surface area contributed by atoms with E-state index in [4.69, 9.17) is 4.74 Å². The van der Waals surface area contributed by atoms with Crippen LogP contribution in [-0.2, 0) is 14.3 Å². The van der Waals surface area contributed by atoms with Crippen LogP contribution < -0.4 is 10.6 Å². The van der Waals surface area contributed by atoms with E-state index in [9.17, 15) is 14.4 Å². The third-order valence-electron chi connectivity index (χ3n) is 3.98. The smallest absolute Gasteiger partial charge is 0.408 e. The van der Waals surface area contributed by atoms with Crippen molar-refractivity contribution in [1.82, 2.24) is 15.5 Å². The highest BCUT2D eigenvalue weighted by Crippen LogP contribution is 2.24. The Kier molecular flexibility index (Phi) is 8.88. The summed E-state index contributed by atoms with van der Waals surface area (Å²) in [5.41, 5.74) is 0.620. The summed E-state index contributed by atoms with van der Waals surface area (Å²) < 4.78 is 5.20. The van der Waals surface area contributed by atoms with Gasteiger partial charge in [-0.3, -0.25) is 9.59 Å². The van der Waals surface area contributed by atoms with Gasteiger partial charge in [0.25, 0.3) is 0 Å². The molecule has 0 bridgehead atoms. The van der Waals surface area contributed by atoms with Gasteiger partial charge < -0.3 is 20.3 Å². The van der Waals surface area contributed by atoms with Crippen LogP contribution in [0.25, 0.3) is 0 Å². The van der Waals surface area contributed by atoms with Crippen molar-refractivity contribution in [3.8, 4) is 0 Å². The lowest BCUT2D eigenvalue weighted by molar-refractivity contribution is -0.141. The zero-order chi connectivity index (χ0) is 23.1. The topological polar surface area (TPSA) is 87.7 Å². The Morgan fingerprint density at radius 2 is 1.73 bits per heavy atom. The zero-order valence-corrected chi connectivity index (χ0v) is 19.6. The average Bonchev–Trinajstić information content (AvgIpc) is 2.56. The normalized spacial score (nSPS) is 12.7. The number of nitrogens with zero attached hydrogens (tertiary/aromatic N) is 1. The minimum Gasteiger partial charge on any atom is -0.444 e. The number of aryl methyl sites for hydroxylation is 1. The second-order valence-electron chi connectivity index (χ2n) is 9.50. The predicted molar refractivity (Wildman–Crippen MR) is 118 cm³/mol. The highest BCUT2D eigenvalue weighted by molar-refractivity contribution is 5.90. The molecular weight excluding hydrogens is 382 g/mol. The molecule has 0 aromatic heterocycles. The third-order valence-corrected chi connectivity index (χ3v) is 3.98. The lowest BCUT2D eigenvalue weighted by atomic mass is 9.99. The first-order valence-corrected chi connectivity index (χ1v) is 10.4. The summed E-state index contributed by atoms with van der Waals surface area (Å²) in [4.78, 5) is 39.7. The van der Waals surface area contributed by atoms with Crippen LogP contribution in [0.4, 0.5) is 4.79 Å². The van der Waals surface area contributed by atoms with E-state index in [1.807, 2.05) is 58.9 Å². The number of benzene rings is 1. The van der Waals surface area contributed by atoms with Crippen LogP contribution in [0.15, 0.2) is 24.3 Å². The van der Waals surface area contributed by atoms with E-state index < -0.39 is 23.3 Å². The molecule has 0 heterocycles. The second-order valence-corrected chi connectivity index (χ2v) is 9.50. The fourth-order valence-electron chi connectivity index (χ4n) is 2.95. The molecule has 0 aliphatic rings. The Hall–Kier alpha value is -2.57. The summed E-state index contributed by atoms with van der Waals surface area (Å²) >= 11 is 0. The molecule has 0 aliphatic heterocycles. The van der Waals surface area contributed by atoms with E-state index in [0.717, 1.165) is 11.1 Å². The van der Waals surface area contributed by atoms with E-state index in [1.54, 1.807) is 20.8 Å². The molecule has 0 aliphatic carbocycles. The number of ether oxygens (including phenoxy) is 1. The van der Waals surface area contributed by atoms with Crippen molar-refractivity contribution in [1.29, 1.82) is 0 Å². The molecule has 2 N–H and O–H groups in total. The van der Waals surface area contributed by atoms with Gasteiger partial charge in [0.1, 0.15) is 18.2 Å². The third kappa shape index (κ3) is 8.84. The number of alkyl carbamates (subject to hydrolysis) is 1. The molecule has 1 atom stereocenters. The minimum absolute atomic E-state index is 0.250. The largest absolute Gasteiger partial charge is 0.444 e. The summed E-state index contributed by atoms with van der Waals surface area (Å²) in [6, 6.07) is 6.77. The van der Waals surface area contributed by atoms with Crippen LogP contribution in [0.5, 0.6) is 0 Å². The fraction of sp³-hybridized carbons (Fsp3) is 0.609. The second kappa shape index (κ2) is 10.5. The monoisotopic (exact) mass is 419 g/mol. The first-order valence-electron chi connectivity index (χ1n) is 10.4. The molecule has 168 valence electrons. The van der Waals surface area contributed by atoms with Gasteiger partial charge in [-0.1, -0.05) is 36.8 Å². The molecule has 1 aromatic rings. The summed E-state index contributed by atoms with van der Waals surface area (Å²) in [7, 11) is 0. The van der Waals surface area contributed by atoms with Gasteiger partial charge in [-0.15, -0.1) is 0 Å². The number of hydrogen-bond donors (Lipinski definition) is 2. The van der Waals surface area contributed by atoms with Crippen molar-refractivity contribution in [2.75, 3.05) is 13.1 Å². The van der Waals surface area contributed by atoms with E-state index in [-0.39, 0.29) is 18.4 Å². The summed E-state index contributed by atoms with van der Waals surface area (Å²) in [6.07, 6.45) is 0.00192. The van der Waals surface area contributed by atoms with Crippen molar-refractivity contribution in [2.45, 2.75) is 79.0 Å². The highest BCUT2D eigenvalue weighted by Gasteiger charge is 2.33. The Morgan fingerprint density at radius 1 is 1.10 bits per heavy atom. The van der Waals surface area contributed by atoms with Crippen LogP contribution in [-0.4, -0.2) is 47.0 Å². The maximum Gasteiger partial charge on any atom is 0.408 e. The molecule has 7 heteroatoms. The quantitative estimate of drug-likeness (QED) is 0.705. The number of carbonyl (C=O) groups is 3. The van der Waals surface area contributed by atoms with Gasteiger partial charge in [-0.2, -0.15) is 0 Å². The lowest BCUT2D eigenvalue weighted by Gasteiger charge is -2.34. The Bertz CT molecular complexity index is 748. The summed E-state index contributed by atoms with van der Waals surface area (Å²) in [5, 5.41) is 5.48. The molecule has 0 spiro atoms. The molecule has 0 radical (unpaired) electrons. The van der Waals surface area contributed by atoms with Gasteiger partial charge in [-0.05, 0) is 60.5 Å². The molecule has 1 unspecified atom stereocenters. The van der Waals surface area contributed by atoms with Gasteiger partial charge in [-0.25, -0.2) is 4.79 Å². The molecule has 0 saturated heterocycles. The first-order chi connectivity index (χ1) is 13.7. The maximum atomic E-state index is 13.2. The van der Waals surface area contributed by atoms with Crippen LogP contribution >= 0.6 is 0 Å². The minimum atomic E-state index is -0.794. The number of amides is 3. The Labute approximate surface area is 180 Å². The summed E-state index contributed by atoms with van der Waals surface area (Å²) in [5.74, 6) is -0.606. The number of carbonyl (C=O) groups excluding carboxylic acids is 3. The van der Waals surface area contributed by atoms with Crippen LogP contribution in [0.3, 0.4) is 0 Å². The van der Waals surface area contributed by atoms with Gasteiger partial charge in [0.2, 0.25) is 11.8 Å². The molecule has 3 amide bonds. The number of rotatable bonds is 7. The molecule has 7 nitrogen and oxygen atoms in total. The van der Waals surface area contributed by atoms with E-state index in [0.29, 0.717) is 13.0 Å². The van der Waals surface area contributed by atoms with E-state index in [2.05, 4.69) is 10.6 Å². The van der Waals surface area contributed by atoms with E-state index >= 15 is 0 Å². The fourth-order valence-corrected chi connectivity index (χ4v) is 2.95. The number of nitrogens with one attached hydrogen (secondary N) is 2. The van der Waals surface area contributed by atoms with Crippen molar-refractivity contribution in [3.63, 3.8) is 0 Å². The number of hydrogen-bond acceptors (Lipinski definition) is 4. The molecule has 1 rings (SSSR count). The molecule has 30 heavy (non-hydrogen) atoms. The Balaban J connectivity index is 3.15. The van der Waals surface area contributed by atoms with Crippen LogP contribution in [0.2, 0.25) is 0 Å². The van der Waals surface area contributed by atoms with Gasteiger partial charge in [0.05, 0.1) is 0 Å². The van der Waals surface area contributed by atoms with Crippen molar-refractivity contribution in [2.24, 2.45) is 0 Å². The lowest BCUT2D eigenvalue weighted by Crippen LogP contribution is -2.51. The van der Waals surface area contributed by atoms with Crippen molar-refractivity contribution in [3.05, 3.63) is 35.4 Å². The molecule has 1 aromatic carbocycles. The predicted octanol–water partition coefficient (Wildman–Crippen LogP) is 3.71. The standard InChI is InChI=1S/C23H37N3O4/c1-9-13-26(18(27)15-24-21(29)30-23(6,7)8)19(20(28)25-22(3,4)5)17-12-10-11-16(2)14-17/h10-12,14,19H,9,13,15H2,1-8H3,(H,24,29)(H,25,28). The molecule has 0 saturated carbocycles. The summed E-state index contributed by atoms with van der Waals surface area (Å²) in [6.45, 7) is 15.0. The van der Waals surface area contributed by atoms with Gasteiger partial charge in [0, 0.05) is 12.1 Å².